The molecule has 5 aromatic rings. The van der Waals surface area contributed by atoms with Crippen molar-refractivity contribution >= 4 is 33.9 Å². The SMILES string of the molecule is C[C@@H](n1cnc2cc(N3CCN(c4ccc(Cl)cc4)CC3)ccc2c1=O)[C@](O)(Cn1cncn1)c1ccc(F)cc1F. The quantitative estimate of drug-likeness (QED) is 0.300. The first-order valence-corrected chi connectivity index (χ1v) is 13.9. The molecular weight excluding hydrogens is 564 g/mol. The van der Waals surface area contributed by atoms with Crippen molar-refractivity contribution in [3.63, 3.8) is 0 Å². The zero-order valence-electron chi connectivity index (χ0n) is 22.7. The van der Waals surface area contributed by atoms with Gasteiger partial charge in [-0.1, -0.05) is 17.7 Å². The molecule has 3 aromatic carbocycles. The number of halogens is 3. The molecule has 1 aliphatic heterocycles. The lowest BCUT2D eigenvalue weighted by Crippen LogP contribution is -2.46. The highest BCUT2D eigenvalue weighted by Gasteiger charge is 2.41. The second-order valence-corrected chi connectivity index (χ2v) is 10.9. The molecule has 0 aliphatic carbocycles. The first kappa shape index (κ1) is 27.8. The third-order valence-electron chi connectivity index (χ3n) is 7.98. The number of hydrogen-bond acceptors (Lipinski definition) is 7. The Kier molecular flexibility index (Phi) is 7.38. The standard InChI is InChI=1S/C30H28ClF2N7O2/c1-20(30(42,16-39-18-34-17-36-39)26-9-4-22(32)14-27(26)33)40-19-35-28-15-24(7-8-25(28)29(40)41)38-12-10-37(11-13-38)23-5-2-21(31)3-6-23/h2-9,14-15,17-20,42H,10-13,16H2,1H3/t20-,30-/m1/s1. The monoisotopic (exact) mass is 591 g/mol. The molecule has 1 N–H and O–H groups in total. The van der Waals surface area contributed by atoms with E-state index in [1.165, 1.54) is 34.3 Å². The van der Waals surface area contributed by atoms with Crippen LogP contribution in [0.15, 0.2) is 84.4 Å². The van der Waals surface area contributed by atoms with Crippen LogP contribution < -0.4 is 15.4 Å². The van der Waals surface area contributed by atoms with Crippen LogP contribution in [0.25, 0.3) is 10.9 Å². The van der Waals surface area contributed by atoms with Crippen molar-refractivity contribution in [2.24, 2.45) is 0 Å². The molecule has 1 saturated heterocycles. The van der Waals surface area contributed by atoms with E-state index in [2.05, 4.69) is 24.9 Å². The summed E-state index contributed by atoms with van der Waals surface area (Å²) in [6.07, 6.45) is 4.01. The molecule has 2 atom stereocenters. The first-order valence-electron chi connectivity index (χ1n) is 13.5. The average Bonchev–Trinajstić information content (AvgIpc) is 3.50. The van der Waals surface area contributed by atoms with Crippen LogP contribution in [-0.2, 0) is 12.1 Å². The number of piperazine rings is 1. The number of nitrogens with zero attached hydrogens (tertiary/aromatic N) is 7. The molecule has 216 valence electrons. The second kappa shape index (κ2) is 11.1. The van der Waals surface area contributed by atoms with Gasteiger partial charge in [-0.3, -0.25) is 9.36 Å². The highest BCUT2D eigenvalue weighted by atomic mass is 35.5. The van der Waals surface area contributed by atoms with Crippen molar-refractivity contribution in [2.75, 3.05) is 36.0 Å². The summed E-state index contributed by atoms with van der Waals surface area (Å²) >= 11 is 6.03. The van der Waals surface area contributed by atoms with E-state index in [1.54, 1.807) is 13.0 Å². The summed E-state index contributed by atoms with van der Waals surface area (Å²) < 4.78 is 31.3. The van der Waals surface area contributed by atoms with Crippen LogP contribution in [0.5, 0.6) is 0 Å². The molecule has 12 heteroatoms. The summed E-state index contributed by atoms with van der Waals surface area (Å²) in [5.74, 6) is -1.72. The van der Waals surface area contributed by atoms with Gasteiger partial charge in [0.25, 0.3) is 5.56 Å². The number of anilines is 2. The average molecular weight is 592 g/mol. The highest BCUT2D eigenvalue weighted by Crippen LogP contribution is 2.36. The van der Waals surface area contributed by atoms with Crippen LogP contribution >= 0.6 is 11.6 Å². The summed E-state index contributed by atoms with van der Waals surface area (Å²) in [7, 11) is 0. The number of fused-ring (bicyclic) bond motifs is 1. The van der Waals surface area contributed by atoms with Gasteiger partial charge in [-0.15, -0.1) is 0 Å². The van der Waals surface area contributed by atoms with Gasteiger partial charge in [-0.25, -0.2) is 23.4 Å². The van der Waals surface area contributed by atoms with Crippen molar-refractivity contribution in [3.05, 3.63) is 112 Å². The normalized spacial score (nSPS) is 16.0. The van der Waals surface area contributed by atoms with E-state index in [1.807, 2.05) is 36.4 Å². The van der Waals surface area contributed by atoms with E-state index in [9.17, 15) is 14.3 Å². The molecule has 6 rings (SSSR count). The minimum Gasteiger partial charge on any atom is -0.381 e. The maximum Gasteiger partial charge on any atom is 0.261 e. The smallest absolute Gasteiger partial charge is 0.261 e. The maximum absolute atomic E-state index is 15.0. The fraction of sp³-hybridized carbons (Fsp3) is 0.267. The Balaban J connectivity index is 1.28. The Labute approximate surface area is 245 Å². The molecule has 1 fully saturated rings. The number of benzene rings is 3. The van der Waals surface area contributed by atoms with E-state index >= 15 is 4.39 Å². The van der Waals surface area contributed by atoms with Gasteiger partial charge >= 0.3 is 0 Å². The van der Waals surface area contributed by atoms with Crippen molar-refractivity contribution < 1.29 is 13.9 Å². The van der Waals surface area contributed by atoms with Crippen LogP contribution in [0.3, 0.4) is 0 Å². The molecule has 1 aliphatic rings. The highest BCUT2D eigenvalue weighted by molar-refractivity contribution is 6.30. The van der Waals surface area contributed by atoms with E-state index in [0.717, 1.165) is 43.6 Å². The van der Waals surface area contributed by atoms with E-state index in [-0.39, 0.29) is 12.1 Å². The molecule has 0 bridgehead atoms. The Bertz CT molecular complexity index is 1770. The predicted octanol–water partition coefficient (Wildman–Crippen LogP) is 4.40. The Hall–Kier alpha value is -4.35. The molecule has 42 heavy (non-hydrogen) atoms. The molecule has 9 nitrogen and oxygen atoms in total. The van der Waals surface area contributed by atoms with E-state index in [0.29, 0.717) is 22.0 Å². The molecule has 3 heterocycles. The zero-order valence-corrected chi connectivity index (χ0v) is 23.5. The lowest BCUT2D eigenvalue weighted by atomic mass is 9.86. The molecular formula is C30H28ClF2N7O2. The Morgan fingerprint density at radius 2 is 1.64 bits per heavy atom. The van der Waals surface area contributed by atoms with Crippen LogP contribution in [0, 0.1) is 11.6 Å². The zero-order chi connectivity index (χ0) is 29.4. The number of rotatable bonds is 7. The minimum atomic E-state index is -1.99. The van der Waals surface area contributed by atoms with Gasteiger partial charge in [0.15, 0.2) is 0 Å². The first-order chi connectivity index (χ1) is 20.2. The van der Waals surface area contributed by atoms with Crippen LogP contribution in [0.4, 0.5) is 20.2 Å². The van der Waals surface area contributed by atoms with Gasteiger partial charge in [0.1, 0.15) is 29.9 Å². The molecule has 0 spiro atoms. The lowest BCUT2D eigenvalue weighted by molar-refractivity contribution is -0.0343. The van der Waals surface area contributed by atoms with Gasteiger partial charge in [0.05, 0.1) is 29.8 Å². The molecule has 2 aromatic heterocycles. The predicted molar refractivity (Wildman–Crippen MR) is 157 cm³/mol. The van der Waals surface area contributed by atoms with Crippen molar-refractivity contribution in [1.29, 1.82) is 0 Å². The summed E-state index contributed by atoms with van der Waals surface area (Å²) in [5.41, 5.74) is 0.0196. The van der Waals surface area contributed by atoms with Gasteiger partial charge < -0.3 is 14.9 Å². The minimum absolute atomic E-state index is 0.174. The molecule has 0 radical (unpaired) electrons. The van der Waals surface area contributed by atoms with Crippen molar-refractivity contribution in [3.8, 4) is 0 Å². The molecule has 0 unspecified atom stereocenters. The summed E-state index contributed by atoms with van der Waals surface area (Å²) in [4.78, 5) is 26.7. The van der Waals surface area contributed by atoms with Crippen LogP contribution in [0.1, 0.15) is 18.5 Å². The van der Waals surface area contributed by atoms with Gasteiger partial charge in [-0.05, 0) is 55.5 Å². The Morgan fingerprint density at radius 3 is 2.31 bits per heavy atom. The van der Waals surface area contributed by atoms with Gasteiger partial charge in [-0.2, -0.15) is 5.10 Å². The van der Waals surface area contributed by atoms with E-state index < -0.39 is 28.8 Å². The van der Waals surface area contributed by atoms with E-state index in [4.69, 9.17) is 11.6 Å². The summed E-state index contributed by atoms with van der Waals surface area (Å²) in [6.45, 7) is 4.60. The lowest BCUT2D eigenvalue weighted by Gasteiger charge is -2.37. The largest absolute Gasteiger partial charge is 0.381 e. The van der Waals surface area contributed by atoms with Crippen molar-refractivity contribution in [2.45, 2.75) is 25.1 Å². The van der Waals surface area contributed by atoms with Crippen molar-refractivity contribution in [1.82, 2.24) is 24.3 Å². The molecule has 0 saturated carbocycles. The number of aliphatic hydroxyl groups is 1. The third kappa shape index (κ3) is 5.21. The fourth-order valence-corrected chi connectivity index (χ4v) is 5.67. The van der Waals surface area contributed by atoms with Gasteiger partial charge in [0, 0.05) is 54.2 Å². The molecule has 0 amide bonds. The van der Waals surface area contributed by atoms with Crippen LogP contribution in [-0.4, -0.2) is 55.6 Å². The third-order valence-corrected chi connectivity index (χ3v) is 8.23. The Morgan fingerprint density at radius 1 is 0.952 bits per heavy atom. The number of hydrogen-bond donors (Lipinski definition) is 1. The maximum atomic E-state index is 15.0. The topological polar surface area (TPSA) is 92.3 Å². The fourth-order valence-electron chi connectivity index (χ4n) is 5.55. The second-order valence-electron chi connectivity index (χ2n) is 10.4. The summed E-state index contributed by atoms with van der Waals surface area (Å²) in [5, 5.41) is 17.0. The van der Waals surface area contributed by atoms with Gasteiger partial charge in [0.2, 0.25) is 0 Å². The number of aromatic nitrogens is 5. The summed E-state index contributed by atoms with van der Waals surface area (Å²) in [6, 6.07) is 15.2. The van der Waals surface area contributed by atoms with Crippen LogP contribution in [0.2, 0.25) is 5.02 Å².